The molecule has 0 radical (unpaired) electrons. The molecule has 2 unspecified atom stereocenters. The molecule has 4 heteroatoms. The number of aliphatic hydroxyl groups is 1. The van der Waals surface area contributed by atoms with Crippen molar-refractivity contribution < 1.29 is 14.6 Å². The van der Waals surface area contributed by atoms with Crippen molar-refractivity contribution in [1.82, 2.24) is 0 Å². The SMILES string of the molecule is CC1(C)CCCCC1C(O)c1cc2c(cc1Cl)OCCO2. The Morgan fingerprint density at radius 1 is 1.19 bits per heavy atom. The Labute approximate surface area is 131 Å². The van der Waals surface area contributed by atoms with Crippen LogP contribution in [0.15, 0.2) is 12.1 Å². The van der Waals surface area contributed by atoms with Gasteiger partial charge in [-0.25, -0.2) is 0 Å². The number of halogens is 1. The number of hydrogen-bond acceptors (Lipinski definition) is 3. The van der Waals surface area contributed by atoms with Crippen LogP contribution in [-0.2, 0) is 0 Å². The molecule has 3 rings (SSSR count). The van der Waals surface area contributed by atoms with Crippen molar-refractivity contribution in [2.45, 2.75) is 45.6 Å². The summed E-state index contributed by atoms with van der Waals surface area (Å²) in [6, 6.07) is 3.62. The van der Waals surface area contributed by atoms with E-state index >= 15 is 0 Å². The minimum absolute atomic E-state index is 0.133. The monoisotopic (exact) mass is 310 g/mol. The normalized spacial score (nSPS) is 25.4. The first-order valence-electron chi connectivity index (χ1n) is 7.76. The van der Waals surface area contributed by atoms with Gasteiger partial charge in [0, 0.05) is 11.6 Å². The van der Waals surface area contributed by atoms with Crippen LogP contribution in [0.25, 0.3) is 0 Å². The molecule has 1 aromatic carbocycles. The fourth-order valence-electron chi connectivity index (χ4n) is 3.63. The molecule has 2 atom stereocenters. The highest BCUT2D eigenvalue weighted by Gasteiger charge is 2.38. The van der Waals surface area contributed by atoms with Crippen molar-refractivity contribution in [3.8, 4) is 11.5 Å². The van der Waals surface area contributed by atoms with E-state index in [0.717, 1.165) is 18.4 Å². The fraction of sp³-hybridized carbons (Fsp3) is 0.647. The zero-order chi connectivity index (χ0) is 15.0. The van der Waals surface area contributed by atoms with Crippen LogP contribution in [0.2, 0.25) is 5.02 Å². The Bertz CT molecular complexity index is 527. The van der Waals surface area contributed by atoms with Crippen molar-refractivity contribution in [3.05, 3.63) is 22.7 Å². The lowest BCUT2D eigenvalue weighted by Crippen LogP contribution is -2.32. The van der Waals surface area contributed by atoms with E-state index in [1.54, 1.807) is 6.07 Å². The predicted molar refractivity (Wildman–Crippen MR) is 83.1 cm³/mol. The number of rotatable bonds is 2. The van der Waals surface area contributed by atoms with E-state index in [4.69, 9.17) is 21.1 Å². The first kappa shape index (κ1) is 15.0. The van der Waals surface area contributed by atoms with Crippen molar-refractivity contribution in [3.63, 3.8) is 0 Å². The number of benzene rings is 1. The minimum Gasteiger partial charge on any atom is -0.486 e. The maximum atomic E-state index is 10.9. The van der Waals surface area contributed by atoms with E-state index in [1.165, 1.54) is 12.8 Å². The highest BCUT2D eigenvalue weighted by atomic mass is 35.5. The maximum Gasteiger partial charge on any atom is 0.162 e. The average Bonchev–Trinajstić information content (AvgIpc) is 2.45. The van der Waals surface area contributed by atoms with Gasteiger partial charge in [-0.15, -0.1) is 0 Å². The Morgan fingerprint density at radius 2 is 1.86 bits per heavy atom. The molecule has 0 saturated heterocycles. The molecule has 116 valence electrons. The summed E-state index contributed by atoms with van der Waals surface area (Å²) < 4.78 is 11.1. The molecule has 1 heterocycles. The van der Waals surface area contributed by atoms with E-state index in [0.29, 0.717) is 29.7 Å². The first-order valence-corrected chi connectivity index (χ1v) is 8.14. The molecule has 1 aromatic rings. The first-order chi connectivity index (χ1) is 9.99. The van der Waals surface area contributed by atoms with Crippen LogP contribution < -0.4 is 9.47 Å². The zero-order valence-electron chi connectivity index (χ0n) is 12.7. The molecule has 1 aliphatic carbocycles. The van der Waals surface area contributed by atoms with Gasteiger partial charge in [-0.1, -0.05) is 38.3 Å². The van der Waals surface area contributed by atoms with E-state index in [-0.39, 0.29) is 11.3 Å². The van der Waals surface area contributed by atoms with Crippen molar-refractivity contribution in [2.75, 3.05) is 13.2 Å². The van der Waals surface area contributed by atoms with Crippen LogP contribution in [0, 0.1) is 11.3 Å². The summed E-state index contributed by atoms with van der Waals surface area (Å²) in [5, 5.41) is 11.4. The molecule has 0 spiro atoms. The van der Waals surface area contributed by atoms with Crippen LogP contribution in [-0.4, -0.2) is 18.3 Å². The molecule has 1 fully saturated rings. The lowest BCUT2D eigenvalue weighted by molar-refractivity contribution is 0.00367. The summed E-state index contributed by atoms with van der Waals surface area (Å²) in [4.78, 5) is 0. The van der Waals surface area contributed by atoms with Gasteiger partial charge in [-0.2, -0.15) is 0 Å². The van der Waals surface area contributed by atoms with Crippen LogP contribution in [0.5, 0.6) is 11.5 Å². The zero-order valence-corrected chi connectivity index (χ0v) is 13.4. The van der Waals surface area contributed by atoms with Gasteiger partial charge < -0.3 is 14.6 Å². The molecular weight excluding hydrogens is 288 g/mol. The third-order valence-corrected chi connectivity index (χ3v) is 5.28. The molecule has 3 nitrogen and oxygen atoms in total. The smallest absolute Gasteiger partial charge is 0.162 e. The molecule has 1 aliphatic heterocycles. The molecule has 1 saturated carbocycles. The van der Waals surface area contributed by atoms with Crippen LogP contribution >= 0.6 is 11.6 Å². The Morgan fingerprint density at radius 3 is 2.52 bits per heavy atom. The van der Waals surface area contributed by atoms with E-state index in [9.17, 15) is 5.11 Å². The average molecular weight is 311 g/mol. The third kappa shape index (κ3) is 2.86. The summed E-state index contributed by atoms with van der Waals surface area (Å²) in [5.74, 6) is 1.59. The van der Waals surface area contributed by atoms with Gasteiger partial charge >= 0.3 is 0 Å². The lowest BCUT2D eigenvalue weighted by Gasteiger charge is -2.41. The largest absolute Gasteiger partial charge is 0.486 e. The molecule has 0 bridgehead atoms. The second-order valence-electron chi connectivity index (χ2n) is 6.80. The third-order valence-electron chi connectivity index (χ3n) is 4.95. The number of ether oxygens (including phenoxy) is 2. The highest BCUT2D eigenvalue weighted by Crippen LogP contribution is 2.49. The number of aliphatic hydroxyl groups excluding tert-OH is 1. The summed E-state index contributed by atoms with van der Waals surface area (Å²) in [7, 11) is 0. The molecular formula is C17H23ClO3. The Balaban J connectivity index is 1.92. The molecule has 21 heavy (non-hydrogen) atoms. The van der Waals surface area contributed by atoms with E-state index in [2.05, 4.69) is 13.8 Å². The lowest BCUT2D eigenvalue weighted by atomic mass is 9.65. The molecule has 0 aromatic heterocycles. The van der Waals surface area contributed by atoms with Gasteiger partial charge in [0.25, 0.3) is 0 Å². The maximum absolute atomic E-state index is 10.9. The Kier molecular flexibility index (Phi) is 4.06. The van der Waals surface area contributed by atoms with E-state index < -0.39 is 6.10 Å². The van der Waals surface area contributed by atoms with E-state index in [1.807, 2.05) is 6.07 Å². The molecule has 0 amide bonds. The summed E-state index contributed by atoms with van der Waals surface area (Å²) in [6.07, 6.45) is 4.05. The van der Waals surface area contributed by atoms with Crippen molar-refractivity contribution >= 4 is 11.6 Å². The van der Waals surface area contributed by atoms with Crippen molar-refractivity contribution in [2.24, 2.45) is 11.3 Å². The van der Waals surface area contributed by atoms with Gasteiger partial charge in [0.2, 0.25) is 0 Å². The van der Waals surface area contributed by atoms with Gasteiger partial charge in [-0.05, 0) is 30.2 Å². The summed E-state index contributed by atoms with van der Waals surface area (Å²) in [6.45, 7) is 5.57. The van der Waals surface area contributed by atoms with Gasteiger partial charge in [0.1, 0.15) is 13.2 Å². The van der Waals surface area contributed by atoms with Crippen molar-refractivity contribution in [1.29, 1.82) is 0 Å². The van der Waals surface area contributed by atoms with Gasteiger partial charge in [0.05, 0.1) is 11.1 Å². The number of fused-ring (bicyclic) bond motifs is 1. The fourth-order valence-corrected chi connectivity index (χ4v) is 3.89. The molecule has 2 aliphatic rings. The highest BCUT2D eigenvalue weighted by molar-refractivity contribution is 6.31. The Hall–Kier alpha value is -0.930. The topological polar surface area (TPSA) is 38.7 Å². The van der Waals surface area contributed by atoms with Gasteiger partial charge in [0.15, 0.2) is 11.5 Å². The summed E-state index contributed by atoms with van der Waals surface area (Å²) >= 11 is 6.37. The second kappa shape index (κ2) is 5.69. The standard InChI is InChI=1S/C17H23ClO3/c1-17(2)6-4-3-5-12(17)16(19)11-9-14-15(10-13(11)18)21-8-7-20-14/h9-10,12,16,19H,3-8H2,1-2H3. The van der Waals surface area contributed by atoms with Crippen LogP contribution in [0.4, 0.5) is 0 Å². The number of hydrogen-bond donors (Lipinski definition) is 1. The second-order valence-corrected chi connectivity index (χ2v) is 7.21. The quantitative estimate of drug-likeness (QED) is 0.882. The van der Waals surface area contributed by atoms with Gasteiger partial charge in [-0.3, -0.25) is 0 Å². The summed E-state index contributed by atoms with van der Waals surface area (Å²) in [5.41, 5.74) is 0.898. The predicted octanol–water partition coefficient (Wildman–Crippen LogP) is 4.36. The minimum atomic E-state index is -0.552. The van der Waals surface area contributed by atoms with Crippen LogP contribution in [0.1, 0.15) is 51.2 Å². The molecule has 1 N–H and O–H groups in total. The van der Waals surface area contributed by atoms with Crippen LogP contribution in [0.3, 0.4) is 0 Å².